The molecule has 3 rings (SSSR count). The Morgan fingerprint density at radius 1 is 1.31 bits per heavy atom. The molecule has 2 heterocycles. The van der Waals surface area contributed by atoms with Gasteiger partial charge < -0.3 is 10.1 Å². The summed E-state index contributed by atoms with van der Waals surface area (Å²) >= 11 is 3.00. The van der Waals surface area contributed by atoms with E-state index in [0.29, 0.717) is 5.16 Å². The third kappa shape index (κ3) is 4.25. The maximum absolute atomic E-state index is 12.3. The second-order valence-corrected chi connectivity index (χ2v) is 7.58. The first-order valence-electron chi connectivity index (χ1n) is 8.10. The lowest BCUT2D eigenvalue weighted by molar-refractivity contribution is -0.119. The highest BCUT2D eigenvalue weighted by molar-refractivity contribution is 7.99. The van der Waals surface area contributed by atoms with Crippen LogP contribution in [0.5, 0.6) is 5.75 Å². The second kappa shape index (κ2) is 8.37. The zero-order valence-electron chi connectivity index (χ0n) is 14.8. The van der Waals surface area contributed by atoms with Gasteiger partial charge in [0.25, 0.3) is 0 Å². The molecule has 6 nitrogen and oxygen atoms in total. The van der Waals surface area contributed by atoms with Gasteiger partial charge in [-0.25, -0.2) is 0 Å². The van der Waals surface area contributed by atoms with Crippen LogP contribution in [0.15, 0.2) is 46.9 Å². The predicted molar refractivity (Wildman–Crippen MR) is 104 cm³/mol. The van der Waals surface area contributed by atoms with Gasteiger partial charge in [-0.15, -0.1) is 21.5 Å². The van der Waals surface area contributed by atoms with Gasteiger partial charge in [0.2, 0.25) is 5.91 Å². The topological polar surface area (TPSA) is 69.0 Å². The van der Waals surface area contributed by atoms with Crippen LogP contribution in [0, 0.1) is 6.92 Å². The highest BCUT2D eigenvalue weighted by atomic mass is 32.2. The fourth-order valence-electron chi connectivity index (χ4n) is 2.49. The number of nitrogens with one attached hydrogen (secondary N) is 1. The van der Waals surface area contributed by atoms with Crippen LogP contribution in [0.2, 0.25) is 0 Å². The minimum absolute atomic E-state index is 0.00398. The van der Waals surface area contributed by atoms with Gasteiger partial charge in [-0.3, -0.25) is 9.36 Å². The number of ether oxygens (including phenoxy) is 1. The van der Waals surface area contributed by atoms with Gasteiger partial charge >= 0.3 is 0 Å². The molecule has 0 aliphatic rings. The molecule has 0 saturated heterocycles. The first kappa shape index (κ1) is 18.5. The third-order valence-corrected chi connectivity index (χ3v) is 5.79. The van der Waals surface area contributed by atoms with E-state index in [1.54, 1.807) is 18.4 Å². The lowest BCUT2D eigenvalue weighted by atomic mass is 10.3. The van der Waals surface area contributed by atoms with Gasteiger partial charge in [-0.05, 0) is 49.6 Å². The molecule has 0 aliphatic heterocycles. The lowest BCUT2D eigenvalue weighted by Gasteiger charge is -2.12. The van der Waals surface area contributed by atoms with Gasteiger partial charge in [-0.1, -0.05) is 17.8 Å². The van der Waals surface area contributed by atoms with Crippen LogP contribution in [-0.4, -0.2) is 33.5 Å². The second-order valence-electron chi connectivity index (χ2n) is 5.66. The summed E-state index contributed by atoms with van der Waals surface area (Å²) in [5.41, 5.74) is 0.933. The monoisotopic (exact) mass is 388 g/mol. The number of aryl methyl sites for hydroxylation is 1. The van der Waals surface area contributed by atoms with Crippen molar-refractivity contribution in [2.45, 2.75) is 25.0 Å². The Kier molecular flexibility index (Phi) is 5.95. The fourth-order valence-corrected chi connectivity index (χ4v) is 4.03. The first-order valence-corrected chi connectivity index (χ1v) is 9.97. The molecule has 1 atom stereocenters. The Balaban J connectivity index is 1.66. The average molecular weight is 389 g/mol. The van der Waals surface area contributed by atoms with Crippen molar-refractivity contribution in [3.8, 4) is 11.4 Å². The Labute approximate surface area is 160 Å². The Morgan fingerprint density at radius 2 is 2.08 bits per heavy atom. The Bertz CT molecular complexity index is 860. The molecule has 0 radical (unpaired) electrons. The normalized spacial score (nSPS) is 12.0. The van der Waals surface area contributed by atoms with Gasteiger partial charge in [0.05, 0.1) is 18.9 Å². The summed E-state index contributed by atoms with van der Waals surface area (Å²) in [6, 6.07) is 11.7. The van der Waals surface area contributed by atoms with Crippen molar-refractivity contribution >= 4 is 29.0 Å². The van der Waals surface area contributed by atoms with Crippen molar-refractivity contribution in [1.82, 2.24) is 20.1 Å². The molecule has 3 aromatic rings. The van der Waals surface area contributed by atoms with Crippen LogP contribution in [-0.2, 0) is 4.79 Å². The van der Waals surface area contributed by atoms with Crippen LogP contribution in [0.1, 0.15) is 23.7 Å². The van der Waals surface area contributed by atoms with Crippen LogP contribution in [0.4, 0.5) is 0 Å². The van der Waals surface area contributed by atoms with Crippen LogP contribution >= 0.6 is 23.1 Å². The highest BCUT2D eigenvalue weighted by Gasteiger charge is 2.15. The SMILES string of the molecule is COc1ccc(-n2c(C)nnc2SCC(=O)NC(C)c2cccs2)cc1. The zero-order chi connectivity index (χ0) is 18.5. The number of carbonyl (C=O) groups is 1. The maximum Gasteiger partial charge on any atom is 0.230 e. The average Bonchev–Trinajstić information content (AvgIpc) is 3.30. The molecule has 0 aliphatic carbocycles. The Morgan fingerprint density at radius 3 is 2.73 bits per heavy atom. The van der Waals surface area contributed by atoms with E-state index in [0.717, 1.165) is 22.1 Å². The molecule has 136 valence electrons. The maximum atomic E-state index is 12.3. The quantitative estimate of drug-likeness (QED) is 0.626. The number of thiophene rings is 1. The van der Waals surface area contributed by atoms with Crippen LogP contribution < -0.4 is 10.1 Å². The van der Waals surface area contributed by atoms with E-state index in [4.69, 9.17) is 4.74 Å². The minimum Gasteiger partial charge on any atom is -0.497 e. The van der Waals surface area contributed by atoms with E-state index in [-0.39, 0.29) is 17.7 Å². The van der Waals surface area contributed by atoms with Crippen LogP contribution in [0.25, 0.3) is 5.69 Å². The molecule has 1 N–H and O–H groups in total. The molecular formula is C18H20N4O2S2. The molecule has 1 amide bonds. The summed E-state index contributed by atoms with van der Waals surface area (Å²) in [5.74, 6) is 1.81. The number of benzene rings is 1. The third-order valence-electron chi connectivity index (χ3n) is 3.81. The first-order chi connectivity index (χ1) is 12.6. The highest BCUT2D eigenvalue weighted by Crippen LogP contribution is 2.24. The van der Waals surface area contributed by atoms with Crippen molar-refractivity contribution in [2.24, 2.45) is 0 Å². The molecule has 0 saturated carbocycles. The number of hydrogen-bond acceptors (Lipinski definition) is 6. The summed E-state index contributed by atoms with van der Waals surface area (Å²) in [6.45, 7) is 3.87. The lowest BCUT2D eigenvalue weighted by Crippen LogP contribution is -2.27. The van der Waals surface area contributed by atoms with Gasteiger partial charge in [-0.2, -0.15) is 0 Å². The van der Waals surface area contributed by atoms with E-state index >= 15 is 0 Å². The van der Waals surface area contributed by atoms with Crippen molar-refractivity contribution in [3.05, 3.63) is 52.5 Å². The van der Waals surface area contributed by atoms with E-state index in [1.807, 2.05) is 60.2 Å². The van der Waals surface area contributed by atoms with Crippen molar-refractivity contribution in [3.63, 3.8) is 0 Å². The van der Waals surface area contributed by atoms with Gasteiger partial charge in [0.15, 0.2) is 5.16 Å². The number of thioether (sulfide) groups is 1. The largest absolute Gasteiger partial charge is 0.497 e. The smallest absolute Gasteiger partial charge is 0.230 e. The number of carbonyl (C=O) groups excluding carboxylic acids is 1. The zero-order valence-corrected chi connectivity index (χ0v) is 16.4. The van der Waals surface area contributed by atoms with Crippen molar-refractivity contribution < 1.29 is 9.53 Å². The van der Waals surface area contributed by atoms with Gasteiger partial charge in [0, 0.05) is 10.6 Å². The van der Waals surface area contributed by atoms with Crippen molar-refractivity contribution in [1.29, 1.82) is 0 Å². The molecule has 0 spiro atoms. The number of aromatic nitrogens is 3. The molecule has 1 unspecified atom stereocenters. The number of amides is 1. The Hall–Kier alpha value is -2.32. The molecule has 1 aromatic carbocycles. The minimum atomic E-state index is -0.0298. The number of hydrogen-bond donors (Lipinski definition) is 1. The molecule has 0 bridgehead atoms. The molecule has 2 aromatic heterocycles. The number of rotatable bonds is 7. The fraction of sp³-hybridized carbons (Fsp3) is 0.278. The molecular weight excluding hydrogens is 368 g/mol. The molecule has 26 heavy (non-hydrogen) atoms. The summed E-state index contributed by atoms with van der Waals surface area (Å²) in [7, 11) is 1.64. The van der Waals surface area contributed by atoms with E-state index in [2.05, 4.69) is 15.5 Å². The van der Waals surface area contributed by atoms with E-state index in [1.165, 1.54) is 11.8 Å². The summed E-state index contributed by atoms with van der Waals surface area (Å²) in [6.07, 6.45) is 0. The van der Waals surface area contributed by atoms with Crippen LogP contribution in [0.3, 0.4) is 0 Å². The summed E-state index contributed by atoms with van der Waals surface area (Å²) in [4.78, 5) is 13.4. The van der Waals surface area contributed by atoms with Gasteiger partial charge in [0.1, 0.15) is 11.6 Å². The summed E-state index contributed by atoms with van der Waals surface area (Å²) in [5, 5.41) is 14.1. The molecule has 8 heteroatoms. The standard InChI is InChI=1S/C18H20N4O2S2/c1-12(16-5-4-10-25-16)19-17(23)11-26-18-21-20-13(2)22(18)14-6-8-15(24-3)9-7-14/h4-10,12H,11H2,1-3H3,(H,19,23). The van der Waals surface area contributed by atoms with E-state index < -0.39 is 0 Å². The predicted octanol–water partition coefficient (Wildman–Crippen LogP) is 3.62. The molecule has 0 fully saturated rings. The van der Waals surface area contributed by atoms with E-state index in [9.17, 15) is 4.79 Å². The van der Waals surface area contributed by atoms with Crippen molar-refractivity contribution in [2.75, 3.05) is 12.9 Å². The number of nitrogens with zero attached hydrogens (tertiary/aromatic N) is 3. The summed E-state index contributed by atoms with van der Waals surface area (Å²) < 4.78 is 7.13. The number of methoxy groups -OCH3 is 1.